The molecule has 1 aromatic heterocycles. The monoisotopic (exact) mass is 283 g/mol. The molecule has 2 nitrogen and oxygen atoms in total. The molecule has 0 unspecified atom stereocenters. The quantitative estimate of drug-likeness (QED) is 0.801. The maximum absolute atomic E-state index is 5.18. The molecule has 78 valence electrons. The fraction of sp³-hybridized carbons (Fsp3) is 0.182. The molecular formula is C11H10BrNOS. The Morgan fingerprint density at radius 1 is 1.47 bits per heavy atom. The van der Waals surface area contributed by atoms with Gasteiger partial charge in [-0.1, -0.05) is 28.1 Å². The van der Waals surface area contributed by atoms with Gasteiger partial charge in [-0.05, 0) is 12.1 Å². The highest BCUT2D eigenvalue weighted by atomic mass is 79.9. The van der Waals surface area contributed by atoms with E-state index in [-0.39, 0.29) is 0 Å². The number of halogens is 1. The first-order valence-electron chi connectivity index (χ1n) is 4.48. The molecule has 0 N–H and O–H groups in total. The highest BCUT2D eigenvalue weighted by Gasteiger charge is 2.04. The molecule has 0 aliphatic rings. The summed E-state index contributed by atoms with van der Waals surface area (Å²) in [4.78, 5) is 4.49. The molecule has 0 saturated carbocycles. The first kappa shape index (κ1) is 10.6. The molecule has 2 aromatic rings. The molecule has 0 bridgehead atoms. The van der Waals surface area contributed by atoms with Crippen LogP contribution in [0.3, 0.4) is 0 Å². The van der Waals surface area contributed by atoms with Crippen molar-refractivity contribution in [3.63, 3.8) is 0 Å². The summed E-state index contributed by atoms with van der Waals surface area (Å²) in [5.41, 5.74) is 2.17. The molecule has 0 amide bonds. The summed E-state index contributed by atoms with van der Waals surface area (Å²) in [7, 11) is 1.67. The minimum absolute atomic E-state index is 0.799. The van der Waals surface area contributed by atoms with E-state index in [4.69, 9.17) is 4.74 Å². The van der Waals surface area contributed by atoms with Crippen LogP contribution in [0, 0.1) is 0 Å². The average molecular weight is 284 g/mol. The van der Waals surface area contributed by atoms with Crippen LogP contribution in [0.15, 0.2) is 29.6 Å². The maximum Gasteiger partial charge on any atom is 0.123 e. The van der Waals surface area contributed by atoms with E-state index in [1.165, 1.54) is 0 Å². The Labute approximate surface area is 101 Å². The van der Waals surface area contributed by atoms with E-state index >= 15 is 0 Å². The van der Waals surface area contributed by atoms with Gasteiger partial charge in [0.15, 0.2) is 0 Å². The number of hydrogen-bond donors (Lipinski definition) is 0. The zero-order valence-electron chi connectivity index (χ0n) is 8.24. The number of ether oxygens (including phenoxy) is 1. The largest absolute Gasteiger partial charge is 0.497 e. The molecule has 1 heterocycles. The van der Waals surface area contributed by atoms with Crippen LogP contribution in [0.5, 0.6) is 5.75 Å². The Kier molecular flexibility index (Phi) is 3.38. The van der Waals surface area contributed by atoms with Crippen molar-refractivity contribution < 1.29 is 4.74 Å². The van der Waals surface area contributed by atoms with E-state index in [0.717, 1.165) is 27.3 Å². The molecule has 4 heteroatoms. The predicted molar refractivity (Wildman–Crippen MR) is 66.7 cm³/mol. The number of thiazole rings is 1. The summed E-state index contributed by atoms with van der Waals surface area (Å²) in [6.07, 6.45) is 0. The van der Waals surface area contributed by atoms with Crippen LogP contribution < -0.4 is 4.74 Å². The highest BCUT2D eigenvalue weighted by Crippen LogP contribution is 2.27. The van der Waals surface area contributed by atoms with Crippen molar-refractivity contribution in [3.8, 4) is 16.3 Å². The van der Waals surface area contributed by atoms with E-state index in [1.54, 1.807) is 18.4 Å². The first-order chi connectivity index (χ1) is 7.33. The number of benzene rings is 1. The van der Waals surface area contributed by atoms with E-state index in [1.807, 2.05) is 24.3 Å². The summed E-state index contributed by atoms with van der Waals surface area (Å²) >= 11 is 5.04. The van der Waals surface area contributed by atoms with Crippen molar-refractivity contribution in [1.82, 2.24) is 4.98 Å². The fourth-order valence-corrected chi connectivity index (χ4v) is 2.58. The van der Waals surface area contributed by atoms with E-state index in [2.05, 4.69) is 26.3 Å². The zero-order valence-corrected chi connectivity index (χ0v) is 10.6. The maximum atomic E-state index is 5.18. The van der Waals surface area contributed by atoms with Crippen molar-refractivity contribution in [2.45, 2.75) is 5.33 Å². The van der Waals surface area contributed by atoms with Gasteiger partial charge in [0.05, 0.1) is 12.8 Å². The molecule has 0 aliphatic heterocycles. The molecule has 0 atom stereocenters. The summed E-state index contributed by atoms with van der Waals surface area (Å²) < 4.78 is 5.18. The van der Waals surface area contributed by atoms with Crippen molar-refractivity contribution in [1.29, 1.82) is 0 Å². The van der Waals surface area contributed by atoms with Gasteiger partial charge < -0.3 is 4.74 Å². The molecule has 0 aliphatic carbocycles. The smallest absolute Gasteiger partial charge is 0.123 e. The predicted octanol–water partition coefficient (Wildman–Crippen LogP) is 3.71. The van der Waals surface area contributed by atoms with Crippen LogP contribution >= 0.6 is 27.3 Å². The Morgan fingerprint density at radius 3 is 3.00 bits per heavy atom. The number of rotatable bonds is 3. The highest BCUT2D eigenvalue weighted by molar-refractivity contribution is 9.08. The second-order valence-electron chi connectivity index (χ2n) is 3.01. The second kappa shape index (κ2) is 4.77. The van der Waals surface area contributed by atoms with Gasteiger partial charge in [-0.15, -0.1) is 11.3 Å². The Hall–Kier alpha value is -0.870. The molecule has 0 fully saturated rings. The lowest BCUT2D eigenvalue weighted by Gasteiger charge is -2.00. The van der Waals surface area contributed by atoms with Gasteiger partial charge >= 0.3 is 0 Å². The van der Waals surface area contributed by atoms with Crippen LogP contribution in [0.25, 0.3) is 10.6 Å². The Morgan fingerprint density at radius 2 is 2.33 bits per heavy atom. The van der Waals surface area contributed by atoms with Crippen molar-refractivity contribution in [3.05, 3.63) is 35.3 Å². The van der Waals surface area contributed by atoms with Crippen LogP contribution in [-0.2, 0) is 5.33 Å². The molecular weight excluding hydrogens is 274 g/mol. The summed E-state index contributed by atoms with van der Waals surface area (Å²) in [6, 6.07) is 7.95. The van der Waals surface area contributed by atoms with E-state index in [0.29, 0.717) is 0 Å². The lowest BCUT2D eigenvalue weighted by Crippen LogP contribution is -1.83. The number of alkyl halides is 1. The first-order valence-corrected chi connectivity index (χ1v) is 6.48. The third-order valence-corrected chi connectivity index (χ3v) is 3.52. The molecule has 2 rings (SSSR count). The average Bonchev–Trinajstić information content (AvgIpc) is 2.78. The Bertz CT molecular complexity index is 455. The third kappa shape index (κ3) is 2.38. The number of methoxy groups -OCH3 is 1. The van der Waals surface area contributed by atoms with Crippen molar-refractivity contribution in [2.24, 2.45) is 0 Å². The van der Waals surface area contributed by atoms with E-state index in [9.17, 15) is 0 Å². The topological polar surface area (TPSA) is 22.1 Å². The van der Waals surface area contributed by atoms with Crippen LogP contribution in [0.1, 0.15) is 5.69 Å². The van der Waals surface area contributed by atoms with Gasteiger partial charge in [0.25, 0.3) is 0 Å². The standard InChI is InChI=1S/C11H10BrNOS/c1-14-10-4-2-3-8(5-10)11-13-9(6-12)7-15-11/h2-5,7H,6H2,1H3. The lowest BCUT2D eigenvalue weighted by atomic mass is 10.2. The molecule has 0 radical (unpaired) electrons. The summed E-state index contributed by atoms with van der Waals surface area (Å²) in [6.45, 7) is 0. The van der Waals surface area contributed by atoms with Crippen LogP contribution in [-0.4, -0.2) is 12.1 Å². The van der Waals surface area contributed by atoms with Gasteiger partial charge in [-0.25, -0.2) is 4.98 Å². The lowest BCUT2D eigenvalue weighted by molar-refractivity contribution is 0.415. The molecule has 15 heavy (non-hydrogen) atoms. The molecule has 0 saturated heterocycles. The Balaban J connectivity index is 2.35. The summed E-state index contributed by atoms with van der Waals surface area (Å²) in [5.74, 6) is 0.864. The van der Waals surface area contributed by atoms with Gasteiger partial charge in [-0.2, -0.15) is 0 Å². The van der Waals surface area contributed by atoms with Crippen LogP contribution in [0.4, 0.5) is 0 Å². The number of aromatic nitrogens is 1. The molecule has 0 spiro atoms. The molecule has 1 aromatic carbocycles. The van der Waals surface area contributed by atoms with Crippen LogP contribution in [0.2, 0.25) is 0 Å². The minimum atomic E-state index is 0.799. The van der Waals surface area contributed by atoms with Gasteiger partial charge in [-0.3, -0.25) is 0 Å². The number of hydrogen-bond acceptors (Lipinski definition) is 3. The SMILES string of the molecule is COc1cccc(-c2nc(CBr)cs2)c1. The zero-order chi connectivity index (χ0) is 10.7. The van der Waals surface area contributed by atoms with Crippen molar-refractivity contribution >= 4 is 27.3 Å². The van der Waals surface area contributed by atoms with Gasteiger partial charge in [0, 0.05) is 16.3 Å². The minimum Gasteiger partial charge on any atom is -0.497 e. The number of nitrogens with zero attached hydrogens (tertiary/aromatic N) is 1. The van der Waals surface area contributed by atoms with Gasteiger partial charge in [0.2, 0.25) is 0 Å². The summed E-state index contributed by atoms with van der Waals surface area (Å²) in [5, 5.41) is 3.89. The van der Waals surface area contributed by atoms with Gasteiger partial charge in [0.1, 0.15) is 10.8 Å². The fourth-order valence-electron chi connectivity index (χ4n) is 1.26. The normalized spacial score (nSPS) is 10.3. The second-order valence-corrected chi connectivity index (χ2v) is 4.43. The third-order valence-electron chi connectivity index (χ3n) is 2.01. The van der Waals surface area contributed by atoms with E-state index < -0.39 is 0 Å². The van der Waals surface area contributed by atoms with Crippen molar-refractivity contribution in [2.75, 3.05) is 7.11 Å².